The molecular formula is C15H19N5. The van der Waals surface area contributed by atoms with E-state index in [2.05, 4.69) is 10.1 Å². The summed E-state index contributed by atoms with van der Waals surface area (Å²) in [6.07, 6.45) is -6.77. The van der Waals surface area contributed by atoms with Crippen LogP contribution in [-0.4, -0.2) is 45.1 Å². The van der Waals surface area contributed by atoms with Gasteiger partial charge in [-0.3, -0.25) is 0 Å². The van der Waals surface area contributed by atoms with Crippen LogP contribution >= 0.6 is 0 Å². The zero-order chi connectivity index (χ0) is 30.4. The van der Waals surface area contributed by atoms with E-state index in [1.54, 1.807) is 0 Å². The fraction of sp³-hybridized carbons (Fsp3) is 0.333. The summed E-state index contributed by atoms with van der Waals surface area (Å²) >= 11 is 0. The van der Waals surface area contributed by atoms with Gasteiger partial charge in [0.25, 0.3) is 0 Å². The van der Waals surface area contributed by atoms with Crippen LogP contribution < -0.4 is 0 Å². The molecule has 2 aromatic heterocycles. The van der Waals surface area contributed by atoms with Gasteiger partial charge in [0.05, 0.1) is 14.7 Å². The van der Waals surface area contributed by atoms with Gasteiger partial charge in [-0.05, 0) is 43.5 Å². The smallest absolute Gasteiger partial charge is 0.166 e. The Labute approximate surface area is 145 Å². The molecule has 0 amide bonds. The first-order valence-corrected chi connectivity index (χ1v) is 5.19. The second kappa shape index (κ2) is 5.46. The third-order valence-corrected chi connectivity index (χ3v) is 2.17. The van der Waals surface area contributed by atoms with Crippen molar-refractivity contribution in [3.63, 3.8) is 0 Å². The average Bonchev–Trinajstić information content (AvgIpc) is 3.20. The quantitative estimate of drug-likeness (QED) is 0.780. The van der Waals surface area contributed by atoms with Gasteiger partial charge in [0.1, 0.15) is 15.3 Å². The number of aromatic amines is 1. The minimum Gasteiger partial charge on any atom is -0.361 e. The average molecular weight is 288 g/mol. The Kier molecular flexibility index (Phi) is 0.918. The molecule has 20 heavy (non-hydrogen) atoms. The van der Waals surface area contributed by atoms with Crippen molar-refractivity contribution in [2.75, 3.05) is 20.4 Å². The summed E-state index contributed by atoms with van der Waals surface area (Å²) < 4.78 is 153. The number of likely N-dealkylation sites (N-methyl/N-ethyl adjacent to an activating group) is 1. The predicted molar refractivity (Wildman–Crippen MR) is 79.7 cm³/mol. The number of aryl methyl sites for hydroxylation is 1. The Morgan fingerprint density at radius 3 is 3.30 bits per heavy atom. The minimum atomic E-state index is -3.98. The van der Waals surface area contributed by atoms with Crippen molar-refractivity contribution in [2.24, 2.45) is 0 Å². The predicted octanol–water partition coefficient (Wildman–Crippen LogP) is 1.91. The zero-order valence-corrected chi connectivity index (χ0v) is 9.74. The molecule has 104 valence electrons. The zero-order valence-electron chi connectivity index (χ0n) is 28.7. The first-order chi connectivity index (χ1) is 17.3. The van der Waals surface area contributed by atoms with Crippen LogP contribution in [0, 0.1) is 0 Å². The largest absolute Gasteiger partial charge is 0.361 e. The lowest BCUT2D eigenvalue weighted by Gasteiger charge is -2.08. The van der Waals surface area contributed by atoms with Crippen LogP contribution in [0.3, 0.4) is 0 Å². The van der Waals surface area contributed by atoms with E-state index in [0.717, 1.165) is 0 Å². The van der Waals surface area contributed by atoms with Crippen molar-refractivity contribution in [2.45, 2.75) is 12.9 Å². The Morgan fingerprint density at radius 2 is 2.50 bits per heavy atom. The summed E-state index contributed by atoms with van der Waals surface area (Å²) in [4.78, 5) is 2.64. The number of aromatic nitrogens is 4. The van der Waals surface area contributed by atoms with Crippen LogP contribution in [0.15, 0.2) is 36.9 Å². The third-order valence-electron chi connectivity index (χ3n) is 2.17. The highest BCUT2D eigenvalue weighted by Gasteiger charge is 2.06. The van der Waals surface area contributed by atoms with Gasteiger partial charge in [-0.1, -0.05) is 6.04 Å². The van der Waals surface area contributed by atoms with Gasteiger partial charge in [0.2, 0.25) is 0 Å². The van der Waals surface area contributed by atoms with E-state index in [4.69, 9.17) is 26.1 Å². The topological polar surface area (TPSA) is 49.7 Å². The van der Waals surface area contributed by atoms with Gasteiger partial charge in [0.15, 0.2) is 1.41 Å². The summed E-state index contributed by atoms with van der Waals surface area (Å²) in [6, 6.07) is -3.22. The standard InChI is InChI=1S/C15H19N5/c1-19(2)6-5-13-8-17-15-4-3-12(7-14(13)15)9-20-11-16-10-18-20/h3-4,7-8,10-11,17H,5-6,9H2,1-2H3/i1D3,2D3,3D,4D,5D2,6D2,7D,8D,9D2,10D,11D/hD. The minimum absolute atomic E-state index is 0.0542. The van der Waals surface area contributed by atoms with Gasteiger partial charge >= 0.3 is 0 Å². The highest BCUT2D eigenvalue weighted by atomic mass is 15.3. The lowest BCUT2D eigenvalue weighted by atomic mass is 10.1. The molecule has 3 rings (SSSR count). The summed E-state index contributed by atoms with van der Waals surface area (Å²) in [5, 5.41) is 2.45. The van der Waals surface area contributed by atoms with Gasteiger partial charge in [0, 0.05) is 37.3 Å². The van der Waals surface area contributed by atoms with E-state index in [1.165, 1.54) is 0 Å². The fourth-order valence-corrected chi connectivity index (χ4v) is 1.41. The molecule has 5 heteroatoms. The van der Waals surface area contributed by atoms with Gasteiger partial charge in [-0.2, -0.15) is 5.10 Å². The monoisotopic (exact) mass is 288 g/mol. The van der Waals surface area contributed by atoms with Gasteiger partial charge < -0.3 is 9.88 Å². The van der Waals surface area contributed by atoms with Crippen molar-refractivity contribution < 1.29 is 26.1 Å². The lowest BCUT2D eigenvalue weighted by Crippen LogP contribution is -2.14. The molecule has 1 N–H and O–H groups in total. The van der Waals surface area contributed by atoms with E-state index >= 15 is 0 Å². The van der Waals surface area contributed by atoms with Crippen LogP contribution in [-0.2, 0) is 12.9 Å². The number of rotatable bonds is 5. The van der Waals surface area contributed by atoms with Crippen molar-refractivity contribution in [3.05, 3.63) is 48.0 Å². The first-order valence-electron chi connectivity index (χ1n) is 14.6. The Balaban J connectivity index is 2.51. The second-order valence-corrected chi connectivity index (χ2v) is 3.48. The summed E-state index contributed by atoms with van der Waals surface area (Å²) in [5.74, 6) is 0. The van der Waals surface area contributed by atoms with Crippen LogP contribution in [0.4, 0.5) is 0 Å². The van der Waals surface area contributed by atoms with Gasteiger partial charge in [-0.25, -0.2) is 9.67 Å². The van der Waals surface area contributed by atoms with Gasteiger partial charge in [-0.15, -0.1) is 0 Å². The first kappa shape index (κ1) is 3.36. The third kappa shape index (κ3) is 2.72. The molecule has 1 aromatic carbocycles. The van der Waals surface area contributed by atoms with Crippen LogP contribution in [0.5, 0.6) is 0 Å². The normalized spacial score (nSPS) is 28.8. The van der Waals surface area contributed by atoms with E-state index in [0.29, 0.717) is 0 Å². The number of nitrogens with zero attached hydrogens (tertiary/aromatic N) is 4. The number of benzene rings is 1. The SMILES string of the molecule is [2H]c1nc([2H])n(C([2H])([2H])c2c([2H])c([2H])c3c(c2[2H])c(C([2H])([2H])C([2H])([2H])N(C([2H])([2H])[2H])C([2H])([2H])[2H])c([2H])n3[2H])n1. The molecule has 0 aliphatic heterocycles. The highest BCUT2D eigenvalue weighted by molar-refractivity contribution is 5.83. The molecule has 3 aromatic rings. The fourth-order valence-electron chi connectivity index (χ4n) is 1.41. The number of hydrogen-bond donors (Lipinski definition) is 1. The number of hydrogen-bond acceptors (Lipinski definition) is 3. The molecule has 0 radical (unpaired) electrons. The van der Waals surface area contributed by atoms with Crippen LogP contribution in [0.2, 0.25) is 1.41 Å². The van der Waals surface area contributed by atoms with E-state index in [9.17, 15) is 0 Å². The number of nitrogens with one attached hydrogen (secondary N) is 1. The molecule has 0 fully saturated rings. The number of fused-ring (bicyclic) bond motifs is 1. The Hall–Kier alpha value is -2.14. The van der Waals surface area contributed by atoms with Crippen molar-refractivity contribution in [1.29, 1.82) is 0 Å². The van der Waals surface area contributed by atoms with Crippen molar-refractivity contribution >= 4 is 10.9 Å². The molecule has 0 unspecified atom stereocenters. The van der Waals surface area contributed by atoms with Crippen LogP contribution in [0.25, 0.3) is 10.9 Å². The van der Waals surface area contributed by atoms with E-state index < -0.39 is 97.2 Å². The maximum atomic E-state index is 8.63. The molecule has 0 atom stereocenters. The van der Waals surface area contributed by atoms with Crippen molar-refractivity contribution in [3.8, 4) is 0 Å². The lowest BCUT2D eigenvalue weighted by molar-refractivity contribution is 0.414. The molecule has 5 nitrogen and oxygen atoms in total. The van der Waals surface area contributed by atoms with E-state index in [-0.39, 0.29) is 9.66 Å². The second-order valence-electron chi connectivity index (χ2n) is 3.48. The molecule has 0 aliphatic carbocycles. The maximum absolute atomic E-state index is 8.63. The highest BCUT2D eigenvalue weighted by Crippen LogP contribution is 2.21. The molecule has 0 saturated heterocycles. The summed E-state index contributed by atoms with van der Waals surface area (Å²) in [7, 11) is 0. The Bertz CT molecular complexity index is 1430. The Morgan fingerprint density at radius 1 is 1.55 bits per heavy atom. The van der Waals surface area contributed by atoms with Crippen molar-refractivity contribution in [1.82, 2.24) is 24.6 Å². The number of H-pyrrole nitrogens is 1. The molecule has 0 bridgehead atoms. The summed E-state index contributed by atoms with van der Waals surface area (Å²) in [6.45, 7) is -14.7. The maximum Gasteiger partial charge on any atom is 0.166 e. The molecular weight excluding hydrogens is 250 g/mol. The molecule has 0 saturated carbocycles. The molecule has 2 heterocycles. The van der Waals surface area contributed by atoms with Crippen LogP contribution in [0.1, 0.15) is 35.8 Å². The molecule has 0 aliphatic rings. The van der Waals surface area contributed by atoms with E-state index in [1.807, 2.05) is 0 Å². The molecule has 0 spiro atoms. The summed E-state index contributed by atoms with van der Waals surface area (Å²) in [5.41, 5.74) is -3.12.